The minimum atomic E-state index is -0.977. The zero-order chi connectivity index (χ0) is 29.0. The quantitative estimate of drug-likeness (QED) is 0.300. The number of ether oxygens (including phenoxy) is 4. The van der Waals surface area contributed by atoms with Crippen molar-refractivity contribution in [2.24, 2.45) is 0 Å². The molecular formula is C32H34O8. The monoisotopic (exact) mass is 546 g/mol. The Hall–Kier alpha value is -4.50. The van der Waals surface area contributed by atoms with Crippen LogP contribution in [0.15, 0.2) is 72.8 Å². The van der Waals surface area contributed by atoms with Gasteiger partial charge >= 0.3 is 11.9 Å². The lowest BCUT2D eigenvalue weighted by Gasteiger charge is -2.12. The molecule has 0 radical (unpaired) electrons. The minimum absolute atomic E-state index is 0.295. The molecule has 0 saturated carbocycles. The summed E-state index contributed by atoms with van der Waals surface area (Å²) in [7, 11) is 0. The van der Waals surface area contributed by atoms with Crippen LogP contribution in [0.4, 0.5) is 0 Å². The van der Waals surface area contributed by atoms with Gasteiger partial charge in [-0.2, -0.15) is 0 Å². The van der Waals surface area contributed by atoms with E-state index in [1.807, 2.05) is 24.3 Å². The number of hydrogen-bond acceptors (Lipinski definition) is 6. The molecule has 0 aliphatic carbocycles. The summed E-state index contributed by atoms with van der Waals surface area (Å²) in [5.74, 6) is 10.4. The highest BCUT2D eigenvalue weighted by Gasteiger charge is 2.18. The van der Waals surface area contributed by atoms with Crippen LogP contribution < -0.4 is 9.47 Å². The van der Waals surface area contributed by atoms with E-state index >= 15 is 0 Å². The molecule has 0 unspecified atom stereocenters. The van der Waals surface area contributed by atoms with Crippen LogP contribution >= 0.6 is 0 Å². The van der Waals surface area contributed by atoms with Gasteiger partial charge in [0.15, 0.2) is 12.2 Å². The number of carboxylic acid groups (broad SMARTS) is 2. The molecule has 40 heavy (non-hydrogen) atoms. The molecule has 0 bridgehead atoms. The predicted molar refractivity (Wildman–Crippen MR) is 151 cm³/mol. The fourth-order valence-electron chi connectivity index (χ4n) is 3.37. The first kappa shape index (κ1) is 31.7. The number of hydrogen-bond donors (Lipinski definition) is 2. The first-order valence-corrected chi connectivity index (χ1v) is 12.9. The molecule has 2 aromatic carbocycles. The second kappa shape index (κ2) is 18.7. The highest BCUT2D eigenvalue weighted by atomic mass is 16.5. The summed E-state index contributed by atoms with van der Waals surface area (Å²) in [5.41, 5.74) is 1.71. The van der Waals surface area contributed by atoms with E-state index < -0.39 is 24.1 Å². The summed E-state index contributed by atoms with van der Waals surface area (Å²) in [6.07, 6.45) is 5.73. The van der Waals surface area contributed by atoms with Gasteiger partial charge < -0.3 is 29.2 Å². The van der Waals surface area contributed by atoms with E-state index in [1.54, 1.807) is 62.4 Å². The molecule has 0 aliphatic heterocycles. The molecule has 0 spiro atoms. The van der Waals surface area contributed by atoms with Crippen molar-refractivity contribution in [2.45, 2.75) is 38.9 Å². The normalized spacial score (nSPS) is 12.2. The molecule has 2 atom stereocenters. The Morgan fingerprint density at radius 3 is 1.40 bits per heavy atom. The highest BCUT2D eigenvalue weighted by molar-refractivity contribution is 5.73. The molecule has 8 nitrogen and oxygen atoms in total. The standard InChI is InChI=1S/C32H34O8/c1-3-37-29(31(33)34)23-25-13-17-27(18-14-25)39-21-11-9-7-5-6-8-10-12-22-40-28-19-15-26(16-20-28)24-30(32(35)36)38-4-2/h9-20,29-30H,3-4,21-24H2,1-2H3,(H,33,34)(H,35,36)/b11-9+,12-10+/t29-,30+. The summed E-state index contributed by atoms with van der Waals surface area (Å²) >= 11 is 0. The third-order valence-corrected chi connectivity index (χ3v) is 5.28. The summed E-state index contributed by atoms with van der Waals surface area (Å²) in [6.45, 7) is 4.90. The van der Waals surface area contributed by atoms with Crippen molar-refractivity contribution in [3.63, 3.8) is 0 Å². The van der Waals surface area contributed by atoms with Crippen LogP contribution in [-0.4, -0.2) is 60.8 Å². The van der Waals surface area contributed by atoms with Gasteiger partial charge in [0.2, 0.25) is 0 Å². The summed E-state index contributed by atoms with van der Waals surface area (Å²) < 4.78 is 21.7. The van der Waals surface area contributed by atoms with Gasteiger partial charge in [0.25, 0.3) is 0 Å². The smallest absolute Gasteiger partial charge is 0.333 e. The molecule has 2 N–H and O–H groups in total. The van der Waals surface area contributed by atoms with E-state index in [-0.39, 0.29) is 0 Å². The number of rotatable bonds is 16. The SMILES string of the molecule is CCO[C@@H](Cc1ccc(OC/C=C/C#CC#C/C=C/COc2ccc(C[C@@H](OCC)C(=O)O)cc2)cc1)C(=O)O. The van der Waals surface area contributed by atoms with E-state index in [9.17, 15) is 19.8 Å². The van der Waals surface area contributed by atoms with Gasteiger partial charge in [-0.05, 0) is 85.4 Å². The Bertz CT molecular complexity index is 1140. The number of carboxylic acids is 2. The highest BCUT2D eigenvalue weighted by Crippen LogP contribution is 2.16. The molecule has 2 aromatic rings. The van der Waals surface area contributed by atoms with Gasteiger partial charge in [-0.1, -0.05) is 36.1 Å². The number of allylic oxidation sites excluding steroid dienone is 2. The van der Waals surface area contributed by atoms with Crippen molar-refractivity contribution in [1.29, 1.82) is 0 Å². The van der Waals surface area contributed by atoms with Crippen molar-refractivity contribution in [3.05, 3.63) is 84.0 Å². The lowest BCUT2D eigenvalue weighted by Crippen LogP contribution is -2.26. The topological polar surface area (TPSA) is 112 Å². The largest absolute Gasteiger partial charge is 0.490 e. The molecule has 0 heterocycles. The van der Waals surface area contributed by atoms with Crippen molar-refractivity contribution in [3.8, 4) is 35.2 Å². The van der Waals surface area contributed by atoms with Crippen molar-refractivity contribution in [1.82, 2.24) is 0 Å². The number of benzene rings is 2. The average molecular weight is 547 g/mol. The summed E-state index contributed by atoms with van der Waals surface area (Å²) in [6, 6.07) is 14.4. The summed E-state index contributed by atoms with van der Waals surface area (Å²) in [5, 5.41) is 18.4. The molecule has 0 amide bonds. The Morgan fingerprint density at radius 2 is 1.07 bits per heavy atom. The van der Waals surface area contributed by atoms with E-state index in [4.69, 9.17) is 18.9 Å². The first-order chi connectivity index (χ1) is 19.4. The third kappa shape index (κ3) is 12.8. The summed E-state index contributed by atoms with van der Waals surface area (Å²) in [4.78, 5) is 22.4. The molecule has 0 aromatic heterocycles. The Kier molecular flexibility index (Phi) is 14.8. The van der Waals surface area contributed by atoms with Crippen molar-refractivity contribution in [2.75, 3.05) is 26.4 Å². The molecule has 0 aliphatic rings. The first-order valence-electron chi connectivity index (χ1n) is 12.9. The van der Waals surface area contributed by atoms with Crippen LogP contribution in [0, 0.1) is 23.7 Å². The van der Waals surface area contributed by atoms with Gasteiger partial charge in [-0.15, -0.1) is 0 Å². The molecule has 210 valence electrons. The van der Waals surface area contributed by atoms with Crippen LogP contribution in [0.3, 0.4) is 0 Å². The van der Waals surface area contributed by atoms with Gasteiger partial charge in [0, 0.05) is 26.1 Å². The van der Waals surface area contributed by atoms with E-state index in [0.29, 0.717) is 50.8 Å². The number of carbonyl (C=O) groups is 2. The molecular weight excluding hydrogens is 512 g/mol. The molecule has 0 fully saturated rings. The van der Waals surface area contributed by atoms with Crippen LogP contribution in [0.5, 0.6) is 11.5 Å². The zero-order valence-electron chi connectivity index (χ0n) is 22.7. The second-order valence-corrected chi connectivity index (χ2v) is 8.23. The third-order valence-electron chi connectivity index (χ3n) is 5.28. The Morgan fingerprint density at radius 1 is 0.700 bits per heavy atom. The van der Waals surface area contributed by atoms with E-state index in [1.165, 1.54) is 0 Å². The van der Waals surface area contributed by atoms with E-state index in [0.717, 1.165) is 11.1 Å². The lowest BCUT2D eigenvalue weighted by atomic mass is 10.1. The van der Waals surface area contributed by atoms with Gasteiger partial charge in [0.1, 0.15) is 24.7 Å². The maximum absolute atomic E-state index is 11.2. The van der Waals surface area contributed by atoms with E-state index in [2.05, 4.69) is 23.7 Å². The Labute approximate surface area is 235 Å². The predicted octanol–water partition coefficient (Wildman–Crippen LogP) is 4.33. The van der Waals surface area contributed by atoms with Crippen molar-refractivity contribution < 1.29 is 38.7 Å². The zero-order valence-corrected chi connectivity index (χ0v) is 22.7. The van der Waals surface area contributed by atoms with Crippen LogP contribution in [0.1, 0.15) is 25.0 Å². The molecule has 2 rings (SSSR count). The maximum Gasteiger partial charge on any atom is 0.333 e. The fourth-order valence-corrected chi connectivity index (χ4v) is 3.37. The van der Waals surface area contributed by atoms with Crippen LogP contribution in [0.25, 0.3) is 0 Å². The fraction of sp³-hybridized carbons (Fsp3) is 0.312. The average Bonchev–Trinajstić information content (AvgIpc) is 2.94. The van der Waals surface area contributed by atoms with Crippen molar-refractivity contribution >= 4 is 11.9 Å². The maximum atomic E-state index is 11.2. The van der Waals surface area contributed by atoms with Gasteiger partial charge in [0.05, 0.1) is 0 Å². The Balaban J connectivity index is 1.66. The minimum Gasteiger partial charge on any atom is -0.490 e. The van der Waals surface area contributed by atoms with Gasteiger partial charge in [-0.25, -0.2) is 9.59 Å². The van der Waals surface area contributed by atoms with Gasteiger partial charge in [-0.3, -0.25) is 0 Å². The molecule has 8 heteroatoms. The van der Waals surface area contributed by atoms with Crippen LogP contribution in [0.2, 0.25) is 0 Å². The second-order valence-electron chi connectivity index (χ2n) is 8.23. The molecule has 0 saturated heterocycles. The number of aliphatic carboxylic acids is 2. The lowest BCUT2D eigenvalue weighted by molar-refractivity contribution is -0.150. The van der Waals surface area contributed by atoms with Crippen LogP contribution in [-0.2, 0) is 31.9 Å².